The van der Waals surface area contributed by atoms with E-state index in [1.807, 2.05) is 0 Å². The summed E-state index contributed by atoms with van der Waals surface area (Å²) in [5, 5.41) is 3.06. The summed E-state index contributed by atoms with van der Waals surface area (Å²) in [6.07, 6.45) is 2.57. The lowest BCUT2D eigenvalue weighted by Crippen LogP contribution is -2.49. The van der Waals surface area contributed by atoms with Gasteiger partial charge in [0.1, 0.15) is 0 Å². The summed E-state index contributed by atoms with van der Waals surface area (Å²) in [5.41, 5.74) is 4.07. The smallest absolute Gasteiger partial charge is 0.234 e. The molecular formula is C18H27N3O. The first-order valence-electron chi connectivity index (χ1n) is 8.43. The third-order valence-corrected chi connectivity index (χ3v) is 4.94. The van der Waals surface area contributed by atoms with Gasteiger partial charge in [0.25, 0.3) is 0 Å². The van der Waals surface area contributed by atoms with Crippen molar-refractivity contribution >= 4 is 11.6 Å². The van der Waals surface area contributed by atoms with E-state index in [1.54, 1.807) is 0 Å². The Bertz CT molecular complexity index is 531. The van der Waals surface area contributed by atoms with Gasteiger partial charge in [0.15, 0.2) is 0 Å². The number of rotatable bonds is 5. The second kappa shape index (κ2) is 6.69. The minimum Gasteiger partial charge on any atom is -0.369 e. The van der Waals surface area contributed by atoms with Gasteiger partial charge in [-0.3, -0.25) is 9.69 Å². The number of amides is 1. The van der Waals surface area contributed by atoms with E-state index >= 15 is 0 Å². The molecule has 0 radical (unpaired) electrons. The van der Waals surface area contributed by atoms with Gasteiger partial charge in [0.05, 0.1) is 6.54 Å². The van der Waals surface area contributed by atoms with E-state index in [4.69, 9.17) is 0 Å². The molecule has 1 saturated heterocycles. The van der Waals surface area contributed by atoms with Crippen LogP contribution in [0.5, 0.6) is 0 Å². The molecule has 1 saturated carbocycles. The Hall–Kier alpha value is -1.55. The maximum Gasteiger partial charge on any atom is 0.234 e. The summed E-state index contributed by atoms with van der Waals surface area (Å²) < 4.78 is 0. The first-order chi connectivity index (χ1) is 10.6. The number of anilines is 1. The molecule has 2 fully saturated rings. The van der Waals surface area contributed by atoms with Crippen molar-refractivity contribution in [3.8, 4) is 0 Å². The Balaban J connectivity index is 1.47. The molecule has 0 spiro atoms. The maximum atomic E-state index is 11.9. The van der Waals surface area contributed by atoms with E-state index in [-0.39, 0.29) is 5.91 Å². The molecular weight excluding hydrogens is 274 g/mol. The summed E-state index contributed by atoms with van der Waals surface area (Å²) >= 11 is 0. The van der Waals surface area contributed by atoms with Crippen LogP contribution in [0.1, 0.15) is 24.0 Å². The van der Waals surface area contributed by atoms with Crippen LogP contribution in [0, 0.1) is 19.8 Å². The summed E-state index contributed by atoms with van der Waals surface area (Å²) in [7, 11) is 0. The second-order valence-electron chi connectivity index (χ2n) is 6.73. The molecule has 1 N–H and O–H groups in total. The van der Waals surface area contributed by atoms with E-state index in [0.29, 0.717) is 6.54 Å². The van der Waals surface area contributed by atoms with Crippen LogP contribution in [0.2, 0.25) is 0 Å². The zero-order valence-electron chi connectivity index (χ0n) is 13.8. The Kier molecular flexibility index (Phi) is 4.67. The molecule has 4 nitrogen and oxygen atoms in total. The van der Waals surface area contributed by atoms with Gasteiger partial charge < -0.3 is 10.2 Å². The highest BCUT2D eigenvalue weighted by atomic mass is 16.2. The molecule has 120 valence electrons. The number of benzene rings is 1. The predicted molar refractivity (Wildman–Crippen MR) is 90.3 cm³/mol. The molecule has 4 heteroatoms. The Morgan fingerprint density at radius 2 is 1.91 bits per heavy atom. The van der Waals surface area contributed by atoms with Crippen molar-refractivity contribution in [3.63, 3.8) is 0 Å². The van der Waals surface area contributed by atoms with Crippen LogP contribution >= 0.6 is 0 Å². The molecule has 0 atom stereocenters. The van der Waals surface area contributed by atoms with Gasteiger partial charge in [-0.25, -0.2) is 0 Å². The molecule has 1 amide bonds. The molecule has 1 heterocycles. The normalized spacial score (nSPS) is 19.3. The van der Waals surface area contributed by atoms with Crippen molar-refractivity contribution in [2.24, 2.45) is 5.92 Å². The van der Waals surface area contributed by atoms with Crippen LogP contribution in [0.3, 0.4) is 0 Å². The van der Waals surface area contributed by atoms with Crippen molar-refractivity contribution in [2.75, 3.05) is 44.2 Å². The average molecular weight is 301 g/mol. The minimum absolute atomic E-state index is 0.187. The van der Waals surface area contributed by atoms with Crippen LogP contribution in [0.25, 0.3) is 0 Å². The van der Waals surface area contributed by atoms with Gasteiger partial charge in [0.2, 0.25) is 5.91 Å². The van der Waals surface area contributed by atoms with E-state index in [1.165, 1.54) is 29.7 Å². The lowest BCUT2D eigenvalue weighted by Gasteiger charge is -2.36. The number of nitrogens with zero attached hydrogens (tertiary/aromatic N) is 2. The molecule has 3 rings (SSSR count). The van der Waals surface area contributed by atoms with E-state index in [2.05, 4.69) is 47.2 Å². The number of hydrogen-bond donors (Lipinski definition) is 1. The number of carbonyl (C=O) groups is 1. The number of hydrogen-bond acceptors (Lipinski definition) is 3. The van der Waals surface area contributed by atoms with Crippen molar-refractivity contribution in [3.05, 3.63) is 29.3 Å². The van der Waals surface area contributed by atoms with Crippen molar-refractivity contribution < 1.29 is 4.79 Å². The highest BCUT2D eigenvalue weighted by Crippen LogP contribution is 2.27. The molecule has 2 aliphatic rings. The van der Waals surface area contributed by atoms with E-state index in [0.717, 1.165) is 38.6 Å². The SMILES string of the molecule is Cc1cccc(N2CCN(CC(=O)NCC3CC3)CC2)c1C. The van der Waals surface area contributed by atoms with Crippen molar-refractivity contribution in [1.29, 1.82) is 0 Å². The monoisotopic (exact) mass is 301 g/mol. The summed E-state index contributed by atoms with van der Waals surface area (Å²) in [4.78, 5) is 16.6. The van der Waals surface area contributed by atoms with Gasteiger partial charge in [-0.15, -0.1) is 0 Å². The predicted octanol–water partition coefficient (Wildman–Crippen LogP) is 1.95. The standard InChI is InChI=1S/C18H27N3O/c1-14-4-3-5-17(15(14)2)21-10-8-20(9-11-21)13-18(22)19-12-16-6-7-16/h3-5,16H,6-13H2,1-2H3,(H,19,22). The van der Waals surface area contributed by atoms with Crippen molar-refractivity contribution in [1.82, 2.24) is 10.2 Å². The van der Waals surface area contributed by atoms with Gasteiger partial charge >= 0.3 is 0 Å². The molecule has 1 aliphatic carbocycles. The quantitative estimate of drug-likeness (QED) is 0.903. The van der Waals surface area contributed by atoms with Crippen LogP contribution in [-0.4, -0.2) is 50.1 Å². The van der Waals surface area contributed by atoms with E-state index < -0.39 is 0 Å². The summed E-state index contributed by atoms with van der Waals surface area (Å²) in [6.45, 7) is 9.71. The fraction of sp³-hybridized carbons (Fsp3) is 0.611. The van der Waals surface area contributed by atoms with Gasteiger partial charge in [-0.05, 0) is 49.8 Å². The maximum absolute atomic E-state index is 11.9. The number of aryl methyl sites for hydroxylation is 1. The number of piperazine rings is 1. The van der Waals surface area contributed by atoms with Gasteiger partial charge in [-0.2, -0.15) is 0 Å². The van der Waals surface area contributed by atoms with Crippen LogP contribution in [0.4, 0.5) is 5.69 Å². The second-order valence-corrected chi connectivity index (χ2v) is 6.73. The summed E-state index contributed by atoms with van der Waals surface area (Å²) in [5.74, 6) is 0.942. The molecule has 0 bridgehead atoms. The Morgan fingerprint density at radius 3 is 2.59 bits per heavy atom. The minimum atomic E-state index is 0.187. The van der Waals surface area contributed by atoms with Crippen LogP contribution in [-0.2, 0) is 4.79 Å². The first kappa shape index (κ1) is 15.3. The average Bonchev–Trinajstić information content (AvgIpc) is 3.33. The molecule has 22 heavy (non-hydrogen) atoms. The third kappa shape index (κ3) is 3.80. The van der Waals surface area contributed by atoms with E-state index in [9.17, 15) is 4.79 Å². The zero-order chi connectivity index (χ0) is 15.5. The summed E-state index contributed by atoms with van der Waals surface area (Å²) in [6, 6.07) is 6.51. The Labute approximate surface area is 133 Å². The molecule has 1 aromatic rings. The zero-order valence-corrected chi connectivity index (χ0v) is 13.8. The van der Waals surface area contributed by atoms with Crippen molar-refractivity contribution in [2.45, 2.75) is 26.7 Å². The largest absolute Gasteiger partial charge is 0.369 e. The first-order valence-corrected chi connectivity index (χ1v) is 8.43. The lowest BCUT2D eigenvalue weighted by molar-refractivity contribution is -0.122. The number of carbonyl (C=O) groups excluding carboxylic acids is 1. The fourth-order valence-corrected chi connectivity index (χ4v) is 3.06. The molecule has 1 aromatic carbocycles. The highest BCUT2D eigenvalue weighted by Gasteiger charge is 2.23. The van der Waals surface area contributed by atoms with Crippen LogP contribution in [0.15, 0.2) is 18.2 Å². The van der Waals surface area contributed by atoms with Gasteiger partial charge in [0, 0.05) is 38.4 Å². The highest BCUT2D eigenvalue weighted by molar-refractivity contribution is 5.78. The molecule has 0 aromatic heterocycles. The third-order valence-electron chi connectivity index (χ3n) is 4.94. The fourth-order valence-electron chi connectivity index (χ4n) is 3.06. The number of nitrogens with one attached hydrogen (secondary N) is 1. The Morgan fingerprint density at radius 1 is 1.18 bits per heavy atom. The van der Waals surface area contributed by atoms with Gasteiger partial charge in [-0.1, -0.05) is 12.1 Å². The lowest BCUT2D eigenvalue weighted by atomic mass is 10.1. The molecule has 1 aliphatic heterocycles. The van der Waals surface area contributed by atoms with Crippen LogP contribution < -0.4 is 10.2 Å². The molecule has 0 unspecified atom stereocenters. The topological polar surface area (TPSA) is 35.6 Å².